The van der Waals surface area contributed by atoms with E-state index in [4.69, 9.17) is 5.26 Å². The molecule has 0 radical (unpaired) electrons. The summed E-state index contributed by atoms with van der Waals surface area (Å²) in [4.78, 5) is 9.97. The first-order valence-electron chi connectivity index (χ1n) is 2.84. The molecule has 0 aromatic carbocycles. The van der Waals surface area contributed by atoms with Crippen molar-refractivity contribution in [3.8, 4) is 6.07 Å². The van der Waals surface area contributed by atoms with Crippen molar-refractivity contribution in [1.29, 1.82) is 5.26 Å². The van der Waals surface area contributed by atoms with Crippen molar-refractivity contribution >= 4 is 0 Å². The van der Waals surface area contributed by atoms with Crippen molar-refractivity contribution < 1.29 is 0 Å². The van der Waals surface area contributed by atoms with Crippen LogP contribution in [0.25, 0.3) is 0 Å². The number of nitriles is 1. The molecule has 0 atom stereocenters. The molecule has 0 N–H and O–H groups in total. The van der Waals surface area contributed by atoms with Crippen LogP contribution in [0.5, 0.6) is 0 Å². The van der Waals surface area contributed by atoms with Crippen molar-refractivity contribution in [2.45, 2.75) is 32.2 Å². The number of rotatable bonds is 3. The minimum absolute atomic E-state index is 0.402. The molecule has 0 saturated heterocycles. The zero-order chi connectivity index (χ0) is 7.33. The molecule has 0 aromatic rings. The summed E-state index contributed by atoms with van der Waals surface area (Å²) in [6, 6.07) is 1.96. The second-order valence-electron chi connectivity index (χ2n) is 2.56. The molecule has 50 valence electrons. The Balaban J connectivity index is 3.61. The van der Waals surface area contributed by atoms with E-state index in [2.05, 4.69) is 5.18 Å². The molecule has 0 rings (SSSR count). The highest BCUT2D eigenvalue weighted by atomic mass is 16.3. The molecule has 0 heterocycles. The van der Waals surface area contributed by atoms with E-state index in [0.717, 1.165) is 0 Å². The predicted molar refractivity (Wildman–Crippen MR) is 34.7 cm³/mol. The van der Waals surface area contributed by atoms with Gasteiger partial charge in [-0.25, -0.2) is 0 Å². The largest absolute Gasteiger partial charge is 0.198 e. The van der Waals surface area contributed by atoms with Gasteiger partial charge in [-0.1, -0.05) is 5.18 Å². The van der Waals surface area contributed by atoms with Crippen molar-refractivity contribution in [1.82, 2.24) is 0 Å². The van der Waals surface area contributed by atoms with E-state index in [-0.39, 0.29) is 0 Å². The van der Waals surface area contributed by atoms with Crippen LogP contribution in [0.1, 0.15) is 26.7 Å². The summed E-state index contributed by atoms with van der Waals surface area (Å²) in [7, 11) is 0. The normalized spacial score (nSPS) is 10.3. The van der Waals surface area contributed by atoms with Crippen LogP contribution in [0.2, 0.25) is 0 Å². The van der Waals surface area contributed by atoms with E-state index < -0.39 is 5.54 Å². The summed E-state index contributed by atoms with van der Waals surface area (Å²) in [5, 5.41) is 11.0. The predicted octanol–water partition coefficient (Wildman–Crippen LogP) is 1.84. The van der Waals surface area contributed by atoms with Gasteiger partial charge in [0.15, 0.2) is 0 Å². The summed E-state index contributed by atoms with van der Waals surface area (Å²) in [6.07, 6.45) is 0.950. The lowest BCUT2D eigenvalue weighted by molar-refractivity contribution is 0.482. The topological polar surface area (TPSA) is 53.2 Å². The fourth-order valence-corrected chi connectivity index (χ4v) is 0.407. The van der Waals surface area contributed by atoms with Gasteiger partial charge in [0.2, 0.25) is 0 Å². The quantitative estimate of drug-likeness (QED) is 0.541. The van der Waals surface area contributed by atoms with Crippen LogP contribution in [-0.2, 0) is 0 Å². The second-order valence-corrected chi connectivity index (χ2v) is 2.56. The van der Waals surface area contributed by atoms with E-state index in [1.54, 1.807) is 13.8 Å². The van der Waals surface area contributed by atoms with E-state index >= 15 is 0 Å². The lowest BCUT2D eigenvalue weighted by Gasteiger charge is -2.10. The zero-order valence-corrected chi connectivity index (χ0v) is 5.72. The van der Waals surface area contributed by atoms with Crippen LogP contribution in [-0.4, -0.2) is 5.54 Å². The molecule has 0 aromatic heterocycles. The summed E-state index contributed by atoms with van der Waals surface area (Å²) < 4.78 is 0. The SMILES string of the molecule is CC(C)(CCC#N)N=O. The number of nitrogens with zero attached hydrogens (tertiary/aromatic N) is 2. The minimum atomic E-state index is -0.560. The number of hydrogen-bond acceptors (Lipinski definition) is 3. The highest BCUT2D eigenvalue weighted by molar-refractivity contribution is 4.82. The van der Waals surface area contributed by atoms with Crippen LogP contribution in [0.4, 0.5) is 0 Å². The molecule has 3 nitrogen and oxygen atoms in total. The van der Waals surface area contributed by atoms with Gasteiger partial charge < -0.3 is 0 Å². The van der Waals surface area contributed by atoms with Gasteiger partial charge in [0.05, 0.1) is 11.6 Å². The van der Waals surface area contributed by atoms with Gasteiger partial charge in [0.25, 0.3) is 0 Å². The maximum absolute atomic E-state index is 9.97. The van der Waals surface area contributed by atoms with Gasteiger partial charge in [-0.05, 0) is 20.3 Å². The van der Waals surface area contributed by atoms with Crippen molar-refractivity contribution in [3.05, 3.63) is 4.91 Å². The molecule has 0 bridgehead atoms. The fraction of sp³-hybridized carbons (Fsp3) is 0.833. The van der Waals surface area contributed by atoms with Crippen LogP contribution >= 0.6 is 0 Å². The van der Waals surface area contributed by atoms with Crippen LogP contribution in [0.15, 0.2) is 5.18 Å². The second kappa shape index (κ2) is 3.18. The van der Waals surface area contributed by atoms with Crippen molar-refractivity contribution in [3.63, 3.8) is 0 Å². The number of hydrogen-bond donors (Lipinski definition) is 0. The van der Waals surface area contributed by atoms with E-state index in [1.165, 1.54) is 0 Å². The summed E-state index contributed by atoms with van der Waals surface area (Å²) in [6.45, 7) is 3.44. The zero-order valence-electron chi connectivity index (χ0n) is 5.72. The monoisotopic (exact) mass is 126 g/mol. The molecule has 0 unspecified atom stereocenters. The van der Waals surface area contributed by atoms with Crippen LogP contribution in [0, 0.1) is 16.2 Å². The van der Waals surface area contributed by atoms with E-state index in [1.807, 2.05) is 6.07 Å². The van der Waals surface area contributed by atoms with E-state index in [0.29, 0.717) is 12.8 Å². The molecule has 0 spiro atoms. The minimum Gasteiger partial charge on any atom is -0.198 e. The third kappa shape index (κ3) is 3.65. The highest BCUT2D eigenvalue weighted by Gasteiger charge is 2.16. The molecule has 0 saturated carbocycles. The van der Waals surface area contributed by atoms with Gasteiger partial charge in [0, 0.05) is 6.42 Å². The Labute approximate surface area is 54.7 Å². The Morgan fingerprint density at radius 1 is 1.67 bits per heavy atom. The van der Waals surface area contributed by atoms with Gasteiger partial charge in [-0.15, -0.1) is 0 Å². The summed E-state index contributed by atoms with van der Waals surface area (Å²) >= 11 is 0. The third-order valence-corrected chi connectivity index (χ3v) is 1.10. The van der Waals surface area contributed by atoms with Gasteiger partial charge in [-0.2, -0.15) is 10.2 Å². The number of nitroso groups, excluding NO2 is 1. The van der Waals surface area contributed by atoms with Gasteiger partial charge in [-0.3, -0.25) is 0 Å². The maximum Gasteiger partial charge on any atom is 0.0980 e. The molecule has 0 amide bonds. The smallest absolute Gasteiger partial charge is 0.0980 e. The summed E-state index contributed by atoms with van der Waals surface area (Å²) in [5.41, 5.74) is -0.560. The molecule has 0 aliphatic carbocycles. The van der Waals surface area contributed by atoms with Gasteiger partial charge in [0.1, 0.15) is 0 Å². The Bertz CT molecular complexity index is 134. The third-order valence-electron chi connectivity index (χ3n) is 1.10. The van der Waals surface area contributed by atoms with Crippen LogP contribution in [0.3, 0.4) is 0 Å². The average Bonchev–Trinajstić information content (AvgIpc) is 1.84. The molecular weight excluding hydrogens is 116 g/mol. The molecule has 3 heteroatoms. The Hall–Kier alpha value is -0.910. The van der Waals surface area contributed by atoms with Crippen molar-refractivity contribution in [2.75, 3.05) is 0 Å². The van der Waals surface area contributed by atoms with Crippen LogP contribution < -0.4 is 0 Å². The first-order chi connectivity index (χ1) is 4.12. The fourth-order valence-electron chi connectivity index (χ4n) is 0.407. The Morgan fingerprint density at radius 3 is 2.56 bits per heavy atom. The lowest BCUT2D eigenvalue weighted by atomic mass is 10.0. The van der Waals surface area contributed by atoms with Gasteiger partial charge >= 0.3 is 0 Å². The highest BCUT2D eigenvalue weighted by Crippen LogP contribution is 2.14. The first kappa shape index (κ1) is 8.09. The molecule has 0 aliphatic rings. The first-order valence-corrected chi connectivity index (χ1v) is 2.84. The molecule has 9 heavy (non-hydrogen) atoms. The maximum atomic E-state index is 9.97. The van der Waals surface area contributed by atoms with E-state index in [9.17, 15) is 4.91 Å². The standard InChI is InChI=1S/C6H10N2O/c1-6(2,8-9)4-3-5-7/h3-4H2,1-2H3. The average molecular weight is 126 g/mol. The van der Waals surface area contributed by atoms with Crippen molar-refractivity contribution in [2.24, 2.45) is 5.18 Å². The Kier molecular flexibility index (Phi) is 2.86. The lowest BCUT2D eigenvalue weighted by Crippen LogP contribution is -2.14. The summed E-state index contributed by atoms with van der Waals surface area (Å²) in [5.74, 6) is 0. The molecule has 0 fully saturated rings. The molecule has 0 aliphatic heterocycles. The molecular formula is C6H10N2O. The Morgan fingerprint density at radius 2 is 2.22 bits per heavy atom.